The Morgan fingerprint density at radius 2 is 1.96 bits per heavy atom. The average Bonchev–Trinajstić information content (AvgIpc) is 2.93. The van der Waals surface area contributed by atoms with Crippen molar-refractivity contribution < 1.29 is 4.52 Å². The summed E-state index contributed by atoms with van der Waals surface area (Å²) in [5.41, 5.74) is 4.44. The molecule has 0 aliphatic heterocycles. The van der Waals surface area contributed by atoms with E-state index in [1.807, 2.05) is 37.3 Å². The standard InChI is InChI=1S/C18H22N4O/c1-13-17-16(19-10-7-11-22(2)3)12-15(20-18(17)23-21-13)14-8-5-4-6-9-14/h4-6,8-9,12H,7,10-11H2,1-3H3,(H,19,20). The minimum atomic E-state index is 0.582. The van der Waals surface area contributed by atoms with Crippen LogP contribution in [0.25, 0.3) is 22.4 Å². The van der Waals surface area contributed by atoms with Crippen LogP contribution < -0.4 is 5.32 Å². The number of nitrogens with one attached hydrogen (secondary N) is 1. The van der Waals surface area contributed by atoms with Gasteiger partial charge in [0.15, 0.2) is 0 Å². The first-order valence-electron chi connectivity index (χ1n) is 7.86. The number of nitrogens with zero attached hydrogens (tertiary/aromatic N) is 3. The van der Waals surface area contributed by atoms with Gasteiger partial charge >= 0.3 is 0 Å². The number of anilines is 1. The fraction of sp³-hybridized carbons (Fsp3) is 0.333. The second-order valence-electron chi connectivity index (χ2n) is 5.95. The first kappa shape index (κ1) is 15.5. The molecule has 0 saturated carbocycles. The maximum Gasteiger partial charge on any atom is 0.260 e. The van der Waals surface area contributed by atoms with Gasteiger partial charge in [-0.15, -0.1) is 0 Å². The second kappa shape index (κ2) is 6.79. The van der Waals surface area contributed by atoms with E-state index in [1.54, 1.807) is 0 Å². The molecule has 0 radical (unpaired) electrons. The molecule has 2 heterocycles. The highest BCUT2D eigenvalue weighted by atomic mass is 16.5. The van der Waals surface area contributed by atoms with Crippen molar-refractivity contribution in [3.63, 3.8) is 0 Å². The lowest BCUT2D eigenvalue weighted by Crippen LogP contribution is -2.16. The normalized spacial score (nSPS) is 11.3. The van der Waals surface area contributed by atoms with E-state index in [-0.39, 0.29) is 0 Å². The van der Waals surface area contributed by atoms with Crippen LogP contribution in [0.3, 0.4) is 0 Å². The largest absolute Gasteiger partial charge is 0.384 e. The molecule has 0 saturated heterocycles. The summed E-state index contributed by atoms with van der Waals surface area (Å²) in [6, 6.07) is 12.2. The predicted molar refractivity (Wildman–Crippen MR) is 93.6 cm³/mol. The molecule has 2 aromatic heterocycles. The van der Waals surface area contributed by atoms with E-state index in [4.69, 9.17) is 4.52 Å². The molecule has 1 aromatic carbocycles. The van der Waals surface area contributed by atoms with Gasteiger partial charge in [-0.05, 0) is 40.1 Å². The predicted octanol–water partition coefficient (Wildman–Crippen LogP) is 3.56. The van der Waals surface area contributed by atoms with Crippen molar-refractivity contribution in [1.29, 1.82) is 0 Å². The van der Waals surface area contributed by atoms with Crippen LogP contribution in [0.1, 0.15) is 12.1 Å². The summed E-state index contributed by atoms with van der Waals surface area (Å²) >= 11 is 0. The molecule has 5 nitrogen and oxygen atoms in total. The molecule has 0 spiro atoms. The minimum Gasteiger partial charge on any atom is -0.384 e. The van der Waals surface area contributed by atoms with Crippen molar-refractivity contribution >= 4 is 16.8 Å². The number of aromatic nitrogens is 2. The topological polar surface area (TPSA) is 54.2 Å². The zero-order chi connectivity index (χ0) is 16.2. The number of rotatable bonds is 6. The van der Waals surface area contributed by atoms with Gasteiger partial charge in [-0.3, -0.25) is 0 Å². The molecule has 120 valence electrons. The third kappa shape index (κ3) is 3.51. The molecule has 0 unspecified atom stereocenters. The number of fused-ring (bicyclic) bond motifs is 1. The lowest BCUT2D eigenvalue weighted by atomic mass is 10.1. The Hall–Kier alpha value is -2.40. The molecule has 0 fully saturated rings. The van der Waals surface area contributed by atoms with Crippen LogP contribution in [-0.4, -0.2) is 42.2 Å². The van der Waals surface area contributed by atoms with Gasteiger partial charge in [-0.1, -0.05) is 35.5 Å². The Kier molecular flexibility index (Phi) is 4.57. The Morgan fingerprint density at radius 3 is 2.70 bits per heavy atom. The van der Waals surface area contributed by atoms with Crippen LogP contribution in [0.5, 0.6) is 0 Å². The highest BCUT2D eigenvalue weighted by Crippen LogP contribution is 2.30. The first-order chi connectivity index (χ1) is 11.1. The summed E-state index contributed by atoms with van der Waals surface area (Å²) in [7, 11) is 4.17. The molecule has 3 rings (SSSR count). The van der Waals surface area contributed by atoms with Crippen molar-refractivity contribution in [2.75, 3.05) is 32.5 Å². The van der Waals surface area contributed by atoms with Crippen LogP contribution in [0.2, 0.25) is 0 Å². The molecule has 0 atom stereocenters. The van der Waals surface area contributed by atoms with Crippen LogP contribution >= 0.6 is 0 Å². The third-order valence-electron chi connectivity index (χ3n) is 3.78. The zero-order valence-corrected chi connectivity index (χ0v) is 13.8. The van der Waals surface area contributed by atoms with Gasteiger partial charge in [0, 0.05) is 12.1 Å². The molecule has 1 N–H and O–H groups in total. The molecule has 3 aromatic rings. The minimum absolute atomic E-state index is 0.582. The molecule has 0 aliphatic carbocycles. The molecular formula is C18H22N4O. The zero-order valence-electron chi connectivity index (χ0n) is 13.8. The van der Waals surface area contributed by atoms with Gasteiger partial charge in [0.2, 0.25) is 0 Å². The highest BCUT2D eigenvalue weighted by molar-refractivity contribution is 5.92. The van der Waals surface area contributed by atoms with Gasteiger partial charge in [-0.2, -0.15) is 0 Å². The maximum atomic E-state index is 5.39. The summed E-state index contributed by atoms with van der Waals surface area (Å²) in [5, 5.41) is 8.54. The van der Waals surface area contributed by atoms with E-state index in [0.717, 1.165) is 47.5 Å². The summed E-state index contributed by atoms with van der Waals surface area (Å²) < 4.78 is 5.39. The summed E-state index contributed by atoms with van der Waals surface area (Å²) in [6.07, 6.45) is 1.07. The van der Waals surface area contributed by atoms with E-state index < -0.39 is 0 Å². The van der Waals surface area contributed by atoms with E-state index in [1.165, 1.54) is 0 Å². The van der Waals surface area contributed by atoms with Crippen molar-refractivity contribution in [3.8, 4) is 11.3 Å². The van der Waals surface area contributed by atoms with Gasteiger partial charge < -0.3 is 14.7 Å². The van der Waals surface area contributed by atoms with E-state index in [2.05, 4.69) is 40.5 Å². The summed E-state index contributed by atoms with van der Waals surface area (Å²) in [5.74, 6) is 0. The quantitative estimate of drug-likeness (QED) is 0.706. The van der Waals surface area contributed by atoms with Crippen molar-refractivity contribution in [2.45, 2.75) is 13.3 Å². The van der Waals surface area contributed by atoms with Crippen LogP contribution in [0.15, 0.2) is 40.9 Å². The van der Waals surface area contributed by atoms with Crippen molar-refractivity contribution in [2.24, 2.45) is 0 Å². The highest BCUT2D eigenvalue weighted by Gasteiger charge is 2.14. The number of hydrogen-bond donors (Lipinski definition) is 1. The van der Waals surface area contributed by atoms with Crippen LogP contribution in [0, 0.1) is 6.92 Å². The first-order valence-corrected chi connectivity index (χ1v) is 7.86. The Balaban J connectivity index is 1.92. The fourth-order valence-electron chi connectivity index (χ4n) is 2.61. The lowest BCUT2D eigenvalue weighted by Gasteiger charge is -2.12. The third-order valence-corrected chi connectivity index (χ3v) is 3.78. The Labute approximate surface area is 136 Å². The summed E-state index contributed by atoms with van der Waals surface area (Å²) in [4.78, 5) is 6.79. The van der Waals surface area contributed by atoms with Crippen LogP contribution in [0.4, 0.5) is 5.69 Å². The van der Waals surface area contributed by atoms with Crippen molar-refractivity contribution in [3.05, 3.63) is 42.1 Å². The van der Waals surface area contributed by atoms with Crippen LogP contribution in [-0.2, 0) is 0 Å². The average molecular weight is 310 g/mol. The molecule has 23 heavy (non-hydrogen) atoms. The Bertz CT molecular complexity index is 780. The maximum absolute atomic E-state index is 5.39. The van der Waals surface area contributed by atoms with Gasteiger partial charge in [0.1, 0.15) is 0 Å². The van der Waals surface area contributed by atoms with E-state index >= 15 is 0 Å². The molecule has 0 bridgehead atoms. The van der Waals surface area contributed by atoms with Gasteiger partial charge in [0.25, 0.3) is 5.71 Å². The SMILES string of the molecule is Cc1noc2nc(-c3ccccc3)cc(NCCCN(C)C)c12. The molecule has 0 aliphatic rings. The van der Waals surface area contributed by atoms with Crippen molar-refractivity contribution in [1.82, 2.24) is 15.0 Å². The monoisotopic (exact) mass is 310 g/mol. The molecule has 5 heteroatoms. The lowest BCUT2D eigenvalue weighted by molar-refractivity contribution is 0.405. The Morgan fingerprint density at radius 1 is 1.17 bits per heavy atom. The number of aryl methyl sites for hydroxylation is 1. The molecular weight excluding hydrogens is 288 g/mol. The number of benzene rings is 1. The second-order valence-corrected chi connectivity index (χ2v) is 5.95. The van der Waals surface area contributed by atoms with Gasteiger partial charge in [0.05, 0.1) is 22.5 Å². The van der Waals surface area contributed by atoms with E-state index in [9.17, 15) is 0 Å². The van der Waals surface area contributed by atoms with E-state index in [0.29, 0.717) is 5.71 Å². The summed E-state index contributed by atoms with van der Waals surface area (Å²) in [6.45, 7) is 3.90. The number of hydrogen-bond acceptors (Lipinski definition) is 5. The fourth-order valence-corrected chi connectivity index (χ4v) is 2.61. The molecule has 0 amide bonds. The van der Waals surface area contributed by atoms with Gasteiger partial charge in [-0.25, -0.2) is 4.98 Å². The number of pyridine rings is 1. The smallest absolute Gasteiger partial charge is 0.260 e.